The van der Waals surface area contributed by atoms with Crippen molar-refractivity contribution in [2.45, 2.75) is 51.5 Å². The summed E-state index contributed by atoms with van der Waals surface area (Å²) in [5, 5.41) is 9.62. The topological polar surface area (TPSA) is 53.7 Å². The Morgan fingerprint density at radius 2 is 2.45 bits per heavy atom. The van der Waals surface area contributed by atoms with Crippen LogP contribution in [0.3, 0.4) is 0 Å². The standard InChI is InChI=1S/C16H23NO3/c1-2-7-16(15(18)19)8-9-17(11-16)13-4-3-5-14-12(13)6-10-20-14/h6,10,13H,2-5,7-9,11H2,1H3,(H,18,19). The first-order chi connectivity index (χ1) is 9.66. The maximum Gasteiger partial charge on any atom is 0.310 e. The summed E-state index contributed by atoms with van der Waals surface area (Å²) in [6.07, 6.45) is 7.54. The minimum atomic E-state index is -0.620. The third-order valence-corrected chi connectivity index (χ3v) is 5.03. The summed E-state index contributed by atoms with van der Waals surface area (Å²) >= 11 is 0. The molecule has 2 unspecified atom stereocenters. The summed E-state index contributed by atoms with van der Waals surface area (Å²) in [4.78, 5) is 14.1. The third-order valence-electron chi connectivity index (χ3n) is 5.03. The molecule has 1 aliphatic heterocycles. The van der Waals surface area contributed by atoms with Gasteiger partial charge < -0.3 is 9.52 Å². The SMILES string of the molecule is CCCC1(C(=O)O)CCN(C2CCCc3occc32)C1. The van der Waals surface area contributed by atoms with Gasteiger partial charge in [-0.3, -0.25) is 9.69 Å². The Kier molecular flexibility index (Phi) is 3.59. The number of aryl methyl sites for hydroxylation is 1. The van der Waals surface area contributed by atoms with Crippen LogP contribution in [0.25, 0.3) is 0 Å². The smallest absolute Gasteiger partial charge is 0.310 e. The predicted octanol–water partition coefficient (Wildman–Crippen LogP) is 3.23. The number of aliphatic carboxylic acids is 1. The van der Waals surface area contributed by atoms with Gasteiger partial charge in [0.2, 0.25) is 0 Å². The van der Waals surface area contributed by atoms with Gasteiger partial charge in [-0.1, -0.05) is 13.3 Å². The second-order valence-electron chi connectivity index (χ2n) is 6.26. The van der Waals surface area contributed by atoms with E-state index in [9.17, 15) is 9.90 Å². The average Bonchev–Trinajstić information content (AvgIpc) is 3.05. The normalized spacial score (nSPS) is 30.4. The molecule has 2 heterocycles. The van der Waals surface area contributed by atoms with E-state index in [0.29, 0.717) is 12.6 Å². The van der Waals surface area contributed by atoms with Crippen LogP contribution in [0.4, 0.5) is 0 Å². The van der Waals surface area contributed by atoms with E-state index in [4.69, 9.17) is 4.42 Å². The van der Waals surface area contributed by atoms with Crippen molar-refractivity contribution in [1.29, 1.82) is 0 Å². The molecule has 1 saturated heterocycles. The van der Waals surface area contributed by atoms with Gasteiger partial charge in [-0.05, 0) is 38.3 Å². The molecule has 3 rings (SSSR count). The van der Waals surface area contributed by atoms with Crippen LogP contribution < -0.4 is 0 Å². The highest BCUT2D eigenvalue weighted by atomic mass is 16.4. The Bertz CT molecular complexity index is 496. The van der Waals surface area contributed by atoms with Crippen LogP contribution in [-0.2, 0) is 11.2 Å². The van der Waals surface area contributed by atoms with Gasteiger partial charge in [0.15, 0.2) is 0 Å². The molecule has 4 nitrogen and oxygen atoms in total. The molecule has 1 aliphatic carbocycles. The first-order valence-electron chi connectivity index (χ1n) is 7.70. The summed E-state index contributed by atoms with van der Waals surface area (Å²) < 4.78 is 5.55. The number of fused-ring (bicyclic) bond motifs is 1. The van der Waals surface area contributed by atoms with E-state index >= 15 is 0 Å². The highest BCUT2D eigenvalue weighted by Crippen LogP contribution is 2.43. The lowest BCUT2D eigenvalue weighted by atomic mass is 9.82. The van der Waals surface area contributed by atoms with Crippen LogP contribution in [0.1, 0.15) is 56.4 Å². The number of carboxylic acid groups (broad SMARTS) is 1. The van der Waals surface area contributed by atoms with E-state index in [1.54, 1.807) is 6.26 Å². The van der Waals surface area contributed by atoms with Crippen molar-refractivity contribution in [1.82, 2.24) is 4.90 Å². The van der Waals surface area contributed by atoms with Crippen molar-refractivity contribution >= 4 is 5.97 Å². The number of nitrogens with zero attached hydrogens (tertiary/aromatic N) is 1. The highest BCUT2D eigenvalue weighted by molar-refractivity contribution is 5.75. The largest absolute Gasteiger partial charge is 0.481 e. The molecule has 0 radical (unpaired) electrons. The van der Waals surface area contributed by atoms with Crippen molar-refractivity contribution < 1.29 is 14.3 Å². The minimum absolute atomic E-state index is 0.357. The van der Waals surface area contributed by atoms with Crippen molar-refractivity contribution in [2.75, 3.05) is 13.1 Å². The van der Waals surface area contributed by atoms with Crippen LogP contribution in [0.2, 0.25) is 0 Å². The summed E-state index contributed by atoms with van der Waals surface area (Å²) in [5.74, 6) is 0.481. The molecule has 2 aliphatic rings. The second-order valence-corrected chi connectivity index (χ2v) is 6.26. The molecule has 1 fully saturated rings. The summed E-state index contributed by atoms with van der Waals surface area (Å²) in [6.45, 7) is 3.65. The fourth-order valence-corrected chi connectivity index (χ4v) is 3.98. The number of hydrogen-bond donors (Lipinski definition) is 1. The molecular formula is C16H23NO3. The van der Waals surface area contributed by atoms with E-state index in [2.05, 4.69) is 17.9 Å². The van der Waals surface area contributed by atoms with Crippen molar-refractivity contribution in [3.63, 3.8) is 0 Å². The molecule has 4 heteroatoms. The first-order valence-corrected chi connectivity index (χ1v) is 7.70. The van der Waals surface area contributed by atoms with Gasteiger partial charge in [0.05, 0.1) is 11.7 Å². The first kappa shape index (κ1) is 13.7. The van der Waals surface area contributed by atoms with E-state index in [0.717, 1.165) is 50.8 Å². The van der Waals surface area contributed by atoms with Gasteiger partial charge >= 0.3 is 5.97 Å². The number of furan rings is 1. The summed E-state index contributed by atoms with van der Waals surface area (Å²) in [7, 11) is 0. The minimum Gasteiger partial charge on any atom is -0.481 e. The molecule has 0 spiro atoms. The summed E-state index contributed by atoms with van der Waals surface area (Å²) in [6, 6.07) is 2.43. The molecule has 0 amide bonds. The molecule has 0 bridgehead atoms. The molecule has 0 aromatic carbocycles. The lowest BCUT2D eigenvalue weighted by molar-refractivity contribution is -0.148. The van der Waals surface area contributed by atoms with E-state index < -0.39 is 11.4 Å². The predicted molar refractivity (Wildman–Crippen MR) is 75.6 cm³/mol. The van der Waals surface area contributed by atoms with Crippen molar-refractivity contribution in [2.24, 2.45) is 5.41 Å². The van der Waals surface area contributed by atoms with Crippen LogP contribution in [0, 0.1) is 5.41 Å². The molecule has 20 heavy (non-hydrogen) atoms. The van der Waals surface area contributed by atoms with Gasteiger partial charge in [-0.2, -0.15) is 0 Å². The quantitative estimate of drug-likeness (QED) is 0.918. The molecule has 2 atom stereocenters. The highest BCUT2D eigenvalue weighted by Gasteiger charge is 2.46. The average molecular weight is 277 g/mol. The number of likely N-dealkylation sites (tertiary alicyclic amines) is 1. The molecule has 1 aromatic rings. The van der Waals surface area contributed by atoms with Gasteiger partial charge in [0, 0.05) is 24.6 Å². The number of carbonyl (C=O) groups is 1. The van der Waals surface area contributed by atoms with Gasteiger partial charge in [0.25, 0.3) is 0 Å². The maximum atomic E-state index is 11.7. The van der Waals surface area contributed by atoms with Crippen molar-refractivity contribution in [3.05, 3.63) is 23.7 Å². The van der Waals surface area contributed by atoms with Crippen LogP contribution >= 0.6 is 0 Å². The van der Waals surface area contributed by atoms with Gasteiger partial charge in [0.1, 0.15) is 5.76 Å². The van der Waals surface area contributed by atoms with Crippen LogP contribution in [0.15, 0.2) is 16.7 Å². The molecule has 110 valence electrons. The summed E-state index contributed by atoms with van der Waals surface area (Å²) in [5.41, 5.74) is 0.754. The number of carboxylic acids is 1. The number of rotatable bonds is 4. The van der Waals surface area contributed by atoms with Gasteiger partial charge in [-0.25, -0.2) is 0 Å². The molecule has 1 N–H and O–H groups in total. The van der Waals surface area contributed by atoms with Crippen LogP contribution in [-0.4, -0.2) is 29.1 Å². The maximum absolute atomic E-state index is 11.7. The second kappa shape index (κ2) is 5.24. The van der Waals surface area contributed by atoms with E-state index in [1.807, 2.05) is 0 Å². The lowest BCUT2D eigenvalue weighted by Gasteiger charge is -2.32. The third kappa shape index (κ3) is 2.16. The Morgan fingerprint density at radius 3 is 3.20 bits per heavy atom. The molecule has 1 aromatic heterocycles. The fraction of sp³-hybridized carbons (Fsp3) is 0.688. The molecular weight excluding hydrogens is 254 g/mol. The Labute approximate surface area is 119 Å². The van der Waals surface area contributed by atoms with Crippen LogP contribution in [0.5, 0.6) is 0 Å². The van der Waals surface area contributed by atoms with Gasteiger partial charge in [-0.15, -0.1) is 0 Å². The molecule has 0 saturated carbocycles. The zero-order chi connectivity index (χ0) is 14.2. The Balaban J connectivity index is 1.80. The Morgan fingerprint density at radius 1 is 1.60 bits per heavy atom. The van der Waals surface area contributed by atoms with E-state index in [1.165, 1.54) is 5.56 Å². The Hall–Kier alpha value is -1.29. The lowest BCUT2D eigenvalue weighted by Crippen LogP contribution is -2.36. The number of hydrogen-bond acceptors (Lipinski definition) is 3. The van der Waals surface area contributed by atoms with E-state index in [-0.39, 0.29) is 0 Å². The zero-order valence-corrected chi connectivity index (χ0v) is 12.1. The van der Waals surface area contributed by atoms with Crippen molar-refractivity contribution in [3.8, 4) is 0 Å². The monoisotopic (exact) mass is 277 g/mol. The fourth-order valence-electron chi connectivity index (χ4n) is 3.98. The zero-order valence-electron chi connectivity index (χ0n) is 12.1.